The first kappa shape index (κ1) is 14.4. The van der Waals surface area contributed by atoms with E-state index >= 15 is 0 Å². The fourth-order valence-corrected chi connectivity index (χ4v) is 2.73. The fourth-order valence-electron chi connectivity index (χ4n) is 2.42. The molecule has 0 spiro atoms. The van der Waals surface area contributed by atoms with E-state index in [4.69, 9.17) is 5.73 Å². The van der Waals surface area contributed by atoms with Crippen molar-refractivity contribution in [1.29, 1.82) is 0 Å². The Hall–Kier alpha value is -1.03. The maximum atomic E-state index is 6.23. The maximum Gasteiger partial charge on any atom is 0.138 e. The van der Waals surface area contributed by atoms with E-state index in [-0.39, 0.29) is 0 Å². The number of hydrogen-bond acceptors (Lipinski definition) is 2. The minimum absolute atomic E-state index is 0.796. The van der Waals surface area contributed by atoms with Crippen LogP contribution in [-0.4, -0.2) is 9.38 Å². The molecule has 0 aliphatic carbocycles. The van der Waals surface area contributed by atoms with Crippen LogP contribution in [0, 0.1) is 6.92 Å². The summed E-state index contributed by atoms with van der Waals surface area (Å²) >= 11 is 3.54. The number of unbranched alkanes of at least 4 members (excludes halogenated alkanes) is 4. The SMILES string of the molecule is CCCCCCCc1nc2ccc(Br)c(C)n2c1N. The van der Waals surface area contributed by atoms with E-state index in [1.165, 1.54) is 32.1 Å². The summed E-state index contributed by atoms with van der Waals surface area (Å²) in [4.78, 5) is 4.65. The van der Waals surface area contributed by atoms with Crippen molar-refractivity contribution in [2.75, 3.05) is 5.73 Å². The van der Waals surface area contributed by atoms with E-state index in [0.29, 0.717) is 0 Å². The Morgan fingerprint density at radius 3 is 2.68 bits per heavy atom. The molecular weight excluding hydrogens is 302 g/mol. The van der Waals surface area contributed by atoms with E-state index in [0.717, 1.165) is 33.7 Å². The molecule has 0 aliphatic rings. The molecule has 2 aromatic rings. The van der Waals surface area contributed by atoms with Gasteiger partial charge in [0.2, 0.25) is 0 Å². The summed E-state index contributed by atoms with van der Waals surface area (Å²) in [6.07, 6.45) is 7.34. The highest BCUT2D eigenvalue weighted by molar-refractivity contribution is 9.10. The third-order valence-electron chi connectivity index (χ3n) is 3.59. The zero-order valence-corrected chi connectivity index (χ0v) is 13.3. The first-order chi connectivity index (χ1) is 9.15. The molecule has 2 heterocycles. The molecule has 2 aromatic heterocycles. The summed E-state index contributed by atoms with van der Waals surface area (Å²) < 4.78 is 3.10. The molecule has 0 amide bonds. The number of rotatable bonds is 6. The molecule has 0 saturated heterocycles. The van der Waals surface area contributed by atoms with Crippen molar-refractivity contribution in [3.05, 3.63) is 28.0 Å². The number of fused-ring (bicyclic) bond motifs is 1. The quantitative estimate of drug-likeness (QED) is 0.795. The Morgan fingerprint density at radius 1 is 1.21 bits per heavy atom. The summed E-state index contributed by atoms with van der Waals surface area (Å²) in [5.41, 5.74) is 9.33. The standard InChI is InChI=1S/C15H22BrN3/c1-3-4-5-6-7-8-13-15(17)19-11(2)12(16)9-10-14(19)18-13/h9-10H,3-8,17H2,1-2H3. The lowest BCUT2D eigenvalue weighted by atomic mass is 10.1. The number of pyridine rings is 1. The Morgan fingerprint density at radius 2 is 1.95 bits per heavy atom. The molecule has 0 atom stereocenters. The van der Waals surface area contributed by atoms with Gasteiger partial charge in [-0.1, -0.05) is 32.6 Å². The Balaban J connectivity index is 2.12. The zero-order valence-electron chi connectivity index (χ0n) is 11.7. The number of imidazole rings is 1. The maximum absolute atomic E-state index is 6.23. The first-order valence-electron chi connectivity index (χ1n) is 7.07. The number of nitrogens with two attached hydrogens (primary N) is 1. The third-order valence-corrected chi connectivity index (χ3v) is 4.43. The van der Waals surface area contributed by atoms with Crippen molar-refractivity contribution >= 4 is 27.4 Å². The van der Waals surface area contributed by atoms with Crippen LogP contribution >= 0.6 is 15.9 Å². The number of aryl methyl sites for hydroxylation is 2. The van der Waals surface area contributed by atoms with E-state index in [2.05, 4.69) is 34.8 Å². The smallest absolute Gasteiger partial charge is 0.138 e. The van der Waals surface area contributed by atoms with Gasteiger partial charge in [-0.3, -0.25) is 4.40 Å². The number of nitrogens with zero attached hydrogens (tertiary/aromatic N) is 2. The predicted octanol–water partition coefficient (Wildman–Crippen LogP) is 4.50. The molecule has 19 heavy (non-hydrogen) atoms. The van der Waals surface area contributed by atoms with Crippen molar-refractivity contribution in [3.63, 3.8) is 0 Å². The number of aromatic nitrogens is 2. The molecule has 0 unspecified atom stereocenters. The van der Waals surface area contributed by atoms with E-state index in [1.54, 1.807) is 0 Å². The van der Waals surface area contributed by atoms with Gasteiger partial charge in [0, 0.05) is 10.2 Å². The molecule has 0 aromatic carbocycles. The molecule has 0 saturated carbocycles. The number of anilines is 1. The van der Waals surface area contributed by atoms with Gasteiger partial charge in [-0.2, -0.15) is 0 Å². The lowest BCUT2D eigenvalue weighted by Crippen LogP contribution is -2.00. The van der Waals surface area contributed by atoms with Gasteiger partial charge in [0.15, 0.2) is 0 Å². The predicted molar refractivity (Wildman–Crippen MR) is 84.5 cm³/mol. The van der Waals surface area contributed by atoms with Crippen molar-refractivity contribution in [3.8, 4) is 0 Å². The molecule has 0 bridgehead atoms. The van der Waals surface area contributed by atoms with Gasteiger partial charge >= 0.3 is 0 Å². The number of hydrogen-bond donors (Lipinski definition) is 1. The van der Waals surface area contributed by atoms with Gasteiger partial charge in [0.05, 0.1) is 5.69 Å². The largest absolute Gasteiger partial charge is 0.383 e. The van der Waals surface area contributed by atoms with Gasteiger partial charge in [0.1, 0.15) is 11.5 Å². The summed E-state index contributed by atoms with van der Waals surface area (Å²) in [6.45, 7) is 4.29. The second-order valence-corrected chi connectivity index (χ2v) is 5.92. The summed E-state index contributed by atoms with van der Waals surface area (Å²) in [5, 5.41) is 0. The van der Waals surface area contributed by atoms with Crippen LogP contribution in [0.15, 0.2) is 16.6 Å². The van der Waals surface area contributed by atoms with Gasteiger partial charge in [-0.15, -0.1) is 0 Å². The third kappa shape index (κ3) is 3.11. The van der Waals surface area contributed by atoms with Crippen LogP contribution in [0.4, 0.5) is 5.82 Å². The monoisotopic (exact) mass is 323 g/mol. The van der Waals surface area contributed by atoms with Crippen LogP contribution in [0.25, 0.3) is 5.65 Å². The summed E-state index contributed by atoms with van der Waals surface area (Å²) in [5.74, 6) is 0.796. The molecule has 0 fully saturated rings. The van der Waals surface area contributed by atoms with Gasteiger partial charge in [0.25, 0.3) is 0 Å². The van der Waals surface area contributed by atoms with Crippen LogP contribution in [0.3, 0.4) is 0 Å². The van der Waals surface area contributed by atoms with E-state index < -0.39 is 0 Å². The number of halogens is 1. The lowest BCUT2D eigenvalue weighted by molar-refractivity contribution is 0.629. The van der Waals surface area contributed by atoms with E-state index in [9.17, 15) is 0 Å². The Labute approximate surface area is 123 Å². The fraction of sp³-hybridized carbons (Fsp3) is 0.533. The minimum atomic E-state index is 0.796. The van der Waals surface area contributed by atoms with Gasteiger partial charge in [-0.25, -0.2) is 4.98 Å². The molecule has 4 heteroatoms. The highest BCUT2D eigenvalue weighted by atomic mass is 79.9. The van der Waals surface area contributed by atoms with Gasteiger partial charge in [-0.05, 0) is 47.8 Å². The van der Waals surface area contributed by atoms with Crippen LogP contribution in [0.5, 0.6) is 0 Å². The Kier molecular flexibility index (Phi) is 4.86. The highest BCUT2D eigenvalue weighted by Crippen LogP contribution is 2.24. The topological polar surface area (TPSA) is 43.3 Å². The first-order valence-corrected chi connectivity index (χ1v) is 7.86. The lowest BCUT2D eigenvalue weighted by Gasteiger charge is -2.04. The second-order valence-electron chi connectivity index (χ2n) is 5.07. The van der Waals surface area contributed by atoms with E-state index in [1.807, 2.05) is 16.5 Å². The average molecular weight is 324 g/mol. The molecule has 104 valence electrons. The van der Waals surface area contributed by atoms with Crippen molar-refractivity contribution < 1.29 is 0 Å². The van der Waals surface area contributed by atoms with Crippen molar-refractivity contribution in [2.24, 2.45) is 0 Å². The van der Waals surface area contributed by atoms with Crippen LogP contribution in [0.2, 0.25) is 0 Å². The molecule has 2 N–H and O–H groups in total. The molecule has 3 nitrogen and oxygen atoms in total. The van der Waals surface area contributed by atoms with Crippen molar-refractivity contribution in [1.82, 2.24) is 9.38 Å². The minimum Gasteiger partial charge on any atom is -0.383 e. The molecule has 0 aliphatic heterocycles. The highest BCUT2D eigenvalue weighted by Gasteiger charge is 2.11. The molecule has 0 radical (unpaired) electrons. The summed E-state index contributed by atoms with van der Waals surface area (Å²) in [6, 6.07) is 4.04. The Bertz CT molecular complexity index is 560. The zero-order chi connectivity index (χ0) is 13.8. The average Bonchev–Trinajstić information content (AvgIpc) is 2.71. The molecular formula is C15H22BrN3. The second kappa shape index (κ2) is 6.42. The van der Waals surface area contributed by atoms with Crippen LogP contribution in [-0.2, 0) is 6.42 Å². The van der Waals surface area contributed by atoms with Crippen LogP contribution < -0.4 is 5.73 Å². The van der Waals surface area contributed by atoms with Crippen molar-refractivity contribution in [2.45, 2.75) is 52.4 Å². The number of nitrogen functional groups attached to an aromatic ring is 1. The molecule has 2 rings (SSSR count). The van der Waals surface area contributed by atoms with Crippen LogP contribution in [0.1, 0.15) is 50.4 Å². The normalized spacial score (nSPS) is 11.3. The summed E-state index contributed by atoms with van der Waals surface area (Å²) in [7, 11) is 0. The van der Waals surface area contributed by atoms with Gasteiger partial charge < -0.3 is 5.73 Å².